The molecule has 0 aliphatic rings. The highest BCUT2D eigenvalue weighted by molar-refractivity contribution is 5.21. The van der Waals surface area contributed by atoms with Crippen LogP contribution < -0.4 is 0 Å². The predicted octanol–water partition coefficient (Wildman–Crippen LogP) is 3.88. The molecular formula is C17H20O. The molecule has 18 heavy (non-hydrogen) atoms. The van der Waals surface area contributed by atoms with Crippen molar-refractivity contribution in [2.45, 2.75) is 25.4 Å². The Labute approximate surface area is 109 Å². The second kappa shape index (κ2) is 5.83. The van der Waals surface area contributed by atoms with Crippen molar-refractivity contribution in [3.8, 4) is 0 Å². The second-order valence-electron chi connectivity index (χ2n) is 4.98. The summed E-state index contributed by atoms with van der Waals surface area (Å²) in [6.07, 6.45) is 1.86. The molecule has 0 spiro atoms. The van der Waals surface area contributed by atoms with Gasteiger partial charge in [0.2, 0.25) is 0 Å². The van der Waals surface area contributed by atoms with Gasteiger partial charge in [0, 0.05) is 20.0 Å². The lowest BCUT2D eigenvalue weighted by atomic mass is 9.89. The van der Waals surface area contributed by atoms with Crippen molar-refractivity contribution in [3.63, 3.8) is 0 Å². The highest BCUT2D eigenvalue weighted by Gasteiger charge is 2.24. The van der Waals surface area contributed by atoms with E-state index in [1.54, 1.807) is 7.11 Å². The first-order chi connectivity index (χ1) is 8.72. The number of hydrogen-bond donors (Lipinski definition) is 0. The summed E-state index contributed by atoms with van der Waals surface area (Å²) in [5.74, 6) is 0. The van der Waals surface area contributed by atoms with E-state index in [4.69, 9.17) is 4.74 Å². The summed E-state index contributed by atoms with van der Waals surface area (Å²) < 4.78 is 5.75. The van der Waals surface area contributed by atoms with Gasteiger partial charge in [-0.1, -0.05) is 60.7 Å². The Hall–Kier alpha value is -1.60. The van der Waals surface area contributed by atoms with Gasteiger partial charge in [-0.05, 0) is 18.1 Å². The fourth-order valence-corrected chi connectivity index (χ4v) is 2.26. The average molecular weight is 240 g/mol. The molecule has 0 radical (unpaired) electrons. The normalized spacial score (nSPS) is 11.4. The number of rotatable bonds is 5. The van der Waals surface area contributed by atoms with E-state index < -0.39 is 0 Å². The van der Waals surface area contributed by atoms with Crippen molar-refractivity contribution in [1.82, 2.24) is 0 Å². The molecule has 0 aliphatic carbocycles. The predicted molar refractivity (Wildman–Crippen MR) is 75.7 cm³/mol. The van der Waals surface area contributed by atoms with Crippen LogP contribution in [0.2, 0.25) is 0 Å². The van der Waals surface area contributed by atoms with Crippen LogP contribution in [0.1, 0.15) is 18.1 Å². The molecule has 0 aromatic heterocycles. The molecule has 94 valence electrons. The molecule has 2 aromatic rings. The summed E-state index contributed by atoms with van der Waals surface area (Å²) in [7, 11) is 1.80. The largest absolute Gasteiger partial charge is 0.378 e. The molecule has 0 fully saturated rings. The van der Waals surface area contributed by atoms with Crippen molar-refractivity contribution >= 4 is 0 Å². The Kier molecular flexibility index (Phi) is 4.16. The number of ether oxygens (including phenoxy) is 1. The fraction of sp³-hybridized carbons (Fsp3) is 0.294. The molecule has 2 rings (SSSR count). The topological polar surface area (TPSA) is 9.23 Å². The first-order valence-electron chi connectivity index (χ1n) is 6.35. The number of benzene rings is 2. The third-order valence-corrected chi connectivity index (χ3v) is 3.33. The Morgan fingerprint density at radius 1 is 0.778 bits per heavy atom. The van der Waals surface area contributed by atoms with Gasteiger partial charge < -0.3 is 4.74 Å². The van der Waals surface area contributed by atoms with Gasteiger partial charge in [0.15, 0.2) is 0 Å². The summed E-state index contributed by atoms with van der Waals surface area (Å²) in [5.41, 5.74) is 2.48. The molecule has 0 saturated heterocycles. The van der Waals surface area contributed by atoms with Gasteiger partial charge in [0.05, 0.1) is 5.60 Å². The van der Waals surface area contributed by atoms with Crippen molar-refractivity contribution in [3.05, 3.63) is 71.8 Å². The van der Waals surface area contributed by atoms with Crippen LogP contribution in [0, 0.1) is 0 Å². The van der Waals surface area contributed by atoms with Crippen molar-refractivity contribution < 1.29 is 4.74 Å². The van der Waals surface area contributed by atoms with Crippen LogP contribution in [0.15, 0.2) is 60.7 Å². The van der Waals surface area contributed by atoms with Crippen LogP contribution in [0.25, 0.3) is 0 Å². The molecule has 0 unspecified atom stereocenters. The van der Waals surface area contributed by atoms with Crippen molar-refractivity contribution in [2.75, 3.05) is 7.11 Å². The number of methoxy groups -OCH3 is 1. The van der Waals surface area contributed by atoms with Gasteiger partial charge in [-0.3, -0.25) is 0 Å². The van der Waals surface area contributed by atoms with Crippen LogP contribution in [0.4, 0.5) is 0 Å². The van der Waals surface area contributed by atoms with E-state index in [1.165, 1.54) is 11.1 Å². The van der Waals surface area contributed by atoms with E-state index in [2.05, 4.69) is 55.5 Å². The van der Waals surface area contributed by atoms with E-state index in [0.717, 1.165) is 12.8 Å². The van der Waals surface area contributed by atoms with Gasteiger partial charge in [0.1, 0.15) is 0 Å². The zero-order valence-corrected chi connectivity index (χ0v) is 11.1. The van der Waals surface area contributed by atoms with Crippen LogP contribution in [0.3, 0.4) is 0 Å². The molecule has 0 N–H and O–H groups in total. The zero-order valence-electron chi connectivity index (χ0n) is 11.1. The summed E-state index contributed by atoms with van der Waals surface area (Å²) >= 11 is 0. The monoisotopic (exact) mass is 240 g/mol. The molecule has 0 amide bonds. The van der Waals surface area contributed by atoms with E-state index in [-0.39, 0.29) is 5.60 Å². The molecule has 1 heteroatoms. The first-order valence-corrected chi connectivity index (χ1v) is 6.35. The van der Waals surface area contributed by atoms with E-state index in [1.807, 2.05) is 12.1 Å². The number of hydrogen-bond acceptors (Lipinski definition) is 1. The molecule has 0 saturated carbocycles. The smallest absolute Gasteiger partial charge is 0.0731 e. The minimum Gasteiger partial charge on any atom is -0.378 e. The fourth-order valence-electron chi connectivity index (χ4n) is 2.26. The molecule has 0 heterocycles. The van der Waals surface area contributed by atoms with E-state index in [9.17, 15) is 0 Å². The van der Waals surface area contributed by atoms with E-state index in [0.29, 0.717) is 0 Å². The van der Waals surface area contributed by atoms with E-state index >= 15 is 0 Å². The Bertz CT molecular complexity index is 420. The molecule has 1 nitrogen and oxygen atoms in total. The van der Waals surface area contributed by atoms with Crippen LogP contribution >= 0.6 is 0 Å². The molecular weight excluding hydrogens is 220 g/mol. The SMILES string of the molecule is COC(C)(Cc1ccccc1)Cc1ccccc1. The Morgan fingerprint density at radius 2 is 1.17 bits per heavy atom. The summed E-state index contributed by atoms with van der Waals surface area (Å²) in [4.78, 5) is 0. The Balaban J connectivity index is 2.11. The standard InChI is InChI=1S/C17H20O/c1-17(18-2,13-15-9-5-3-6-10-15)14-16-11-7-4-8-12-16/h3-12H,13-14H2,1-2H3. The lowest BCUT2D eigenvalue weighted by Crippen LogP contribution is -2.32. The first kappa shape index (κ1) is 12.8. The van der Waals surface area contributed by atoms with Crippen LogP contribution in [0.5, 0.6) is 0 Å². The van der Waals surface area contributed by atoms with Gasteiger partial charge in [0.25, 0.3) is 0 Å². The third kappa shape index (κ3) is 3.44. The molecule has 0 aliphatic heterocycles. The molecule has 2 aromatic carbocycles. The van der Waals surface area contributed by atoms with Crippen LogP contribution in [-0.2, 0) is 17.6 Å². The maximum Gasteiger partial charge on any atom is 0.0731 e. The van der Waals surface area contributed by atoms with Crippen molar-refractivity contribution in [2.24, 2.45) is 0 Å². The summed E-state index contributed by atoms with van der Waals surface area (Å²) in [5, 5.41) is 0. The van der Waals surface area contributed by atoms with Crippen molar-refractivity contribution in [1.29, 1.82) is 0 Å². The van der Waals surface area contributed by atoms with Gasteiger partial charge >= 0.3 is 0 Å². The summed E-state index contributed by atoms with van der Waals surface area (Å²) in [6.45, 7) is 2.17. The third-order valence-electron chi connectivity index (χ3n) is 3.33. The maximum atomic E-state index is 5.75. The van der Waals surface area contributed by atoms with Gasteiger partial charge in [-0.25, -0.2) is 0 Å². The van der Waals surface area contributed by atoms with Gasteiger partial charge in [-0.15, -0.1) is 0 Å². The Morgan fingerprint density at radius 3 is 1.50 bits per heavy atom. The lowest BCUT2D eigenvalue weighted by molar-refractivity contribution is 0.00678. The minimum absolute atomic E-state index is 0.150. The maximum absolute atomic E-state index is 5.75. The second-order valence-corrected chi connectivity index (χ2v) is 4.98. The lowest BCUT2D eigenvalue weighted by Gasteiger charge is -2.28. The highest BCUT2D eigenvalue weighted by atomic mass is 16.5. The quantitative estimate of drug-likeness (QED) is 0.770. The minimum atomic E-state index is -0.150. The highest BCUT2D eigenvalue weighted by Crippen LogP contribution is 2.22. The van der Waals surface area contributed by atoms with Gasteiger partial charge in [-0.2, -0.15) is 0 Å². The molecule has 0 bridgehead atoms. The zero-order chi connectivity index (χ0) is 12.8. The molecule has 0 atom stereocenters. The summed E-state index contributed by atoms with van der Waals surface area (Å²) in [6, 6.07) is 21.0. The van der Waals surface area contributed by atoms with Crippen LogP contribution in [-0.4, -0.2) is 12.7 Å². The average Bonchev–Trinajstić information content (AvgIpc) is 2.41.